The Hall–Kier alpha value is -3.17. The van der Waals surface area contributed by atoms with E-state index >= 15 is 0 Å². The molecule has 0 unspecified atom stereocenters. The van der Waals surface area contributed by atoms with Gasteiger partial charge < -0.3 is 4.90 Å². The Labute approximate surface area is 196 Å². The van der Waals surface area contributed by atoms with Gasteiger partial charge in [0.2, 0.25) is 0 Å². The second kappa shape index (κ2) is 8.99. The maximum atomic E-state index is 11.9. The number of carbonyl (C=O) groups excluding carboxylic acids is 2. The van der Waals surface area contributed by atoms with Gasteiger partial charge in [-0.3, -0.25) is 19.8 Å². The molecule has 5 rings (SSSR count). The minimum atomic E-state index is -0.389. The van der Waals surface area contributed by atoms with Gasteiger partial charge in [0.05, 0.1) is 22.5 Å². The maximum Gasteiger partial charge on any atom is 0.290 e. The molecule has 8 nitrogen and oxygen atoms in total. The largest absolute Gasteiger partial charge is 0.369 e. The third kappa shape index (κ3) is 4.38. The first-order valence-electron chi connectivity index (χ1n) is 11.2. The fourth-order valence-corrected chi connectivity index (χ4v) is 5.08. The number of nitrogens with zero attached hydrogens (tertiary/aromatic N) is 5. The van der Waals surface area contributed by atoms with E-state index in [1.54, 1.807) is 16.7 Å². The number of thioether (sulfide) groups is 1. The van der Waals surface area contributed by atoms with Crippen LogP contribution in [0.4, 0.5) is 10.5 Å². The van der Waals surface area contributed by atoms with Gasteiger partial charge in [-0.05, 0) is 67.6 Å². The summed E-state index contributed by atoms with van der Waals surface area (Å²) < 4.78 is 1.78. The number of hydrogen-bond donors (Lipinski definition) is 1. The van der Waals surface area contributed by atoms with Gasteiger partial charge in [0.1, 0.15) is 0 Å². The summed E-state index contributed by atoms with van der Waals surface area (Å²) in [6.45, 7) is 9.85. The molecular formula is C24H26N6O2S. The molecule has 4 heterocycles. The molecule has 0 radical (unpaired) electrons. The first kappa shape index (κ1) is 21.7. The minimum Gasteiger partial charge on any atom is -0.369 e. The second-order valence-electron chi connectivity index (χ2n) is 8.35. The fourth-order valence-electron chi connectivity index (χ4n) is 4.41. The lowest BCUT2D eigenvalue weighted by atomic mass is 10.1. The van der Waals surface area contributed by atoms with Crippen LogP contribution in [0.5, 0.6) is 0 Å². The quantitative estimate of drug-likeness (QED) is 0.581. The zero-order valence-corrected chi connectivity index (χ0v) is 19.6. The third-order valence-electron chi connectivity index (χ3n) is 6.05. The van der Waals surface area contributed by atoms with Gasteiger partial charge in [-0.15, -0.1) is 0 Å². The normalized spacial score (nSPS) is 18.5. The van der Waals surface area contributed by atoms with Crippen molar-refractivity contribution < 1.29 is 9.59 Å². The molecule has 0 aliphatic carbocycles. The zero-order valence-electron chi connectivity index (χ0n) is 18.7. The number of rotatable bonds is 5. The first-order valence-corrected chi connectivity index (χ1v) is 12.0. The number of amides is 2. The van der Waals surface area contributed by atoms with Crippen molar-refractivity contribution in [3.8, 4) is 11.3 Å². The van der Waals surface area contributed by atoms with Crippen molar-refractivity contribution in [1.29, 1.82) is 0 Å². The van der Waals surface area contributed by atoms with Crippen LogP contribution in [-0.4, -0.2) is 63.4 Å². The van der Waals surface area contributed by atoms with Gasteiger partial charge in [0, 0.05) is 37.4 Å². The van der Waals surface area contributed by atoms with E-state index in [4.69, 9.17) is 0 Å². The molecule has 0 atom stereocenters. The Balaban J connectivity index is 1.41. The molecule has 2 amide bonds. The minimum absolute atomic E-state index is 0.341. The average molecular weight is 463 g/mol. The number of carbonyl (C=O) groups is 2. The number of nitrogens with one attached hydrogen (secondary N) is 1. The molecule has 1 N–H and O–H groups in total. The van der Waals surface area contributed by atoms with Crippen molar-refractivity contribution in [2.75, 3.05) is 37.6 Å². The van der Waals surface area contributed by atoms with Crippen molar-refractivity contribution in [3.63, 3.8) is 0 Å². The number of aromatic nitrogens is 3. The van der Waals surface area contributed by atoms with Gasteiger partial charge in [-0.2, -0.15) is 5.10 Å². The SMILES string of the molecule is CCCN1CCN(c2ccc(-c3cnc4ccc(C=C5SC(=O)NC5=O)nn34)cc2C)CC1. The van der Waals surface area contributed by atoms with E-state index in [1.807, 2.05) is 12.3 Å². The van der Waals surface area contributed by atoms with Gasteiger partial charge in [0.25, 0.3) is 11.1 Å². The zero-order chi connectivity index (χ0) is 22.9. The number of piperazine rings is 1. The predicted octanol–water partition coefficient (Wildman–Crippen LogP) is 3.56. The van der Waals surface area contributed by atoms with Crippen molar-refractivity contribution in [1.82, 2.24) is 24.8 Å². The molecule has 2 fully saturated rings. The van der Waals surface area contributed by atoms with E-state index < -0.39 is 0 Å². The molecule has 3 aromatic rings. The Morgan fingerprint density at radius 1 is 1.12 bits per heavy atom. The Morgan fingerprint density at radius 3 is 2.64 bits per heavy atom. The number of hydrogen-bond acceptors (Lipinski definition) is 7. The summed E-state index contributed by atoms with van der Waals surface area (Å²) in [4.78, 5) is 33.1. The summed E-state index contributed by atoms with van der Waals surface area (Å²) in [6, 6.07) is 10.1. The number of benzene rings is 1. The fraction of sp³-hybridized carbons (Fsp3) is 0.333. The molecule has 2 aliphatic heterocycles. The lowest BCUT2D eigenvalue weighted by Crippen LogP contribution is -2.46. The molecule has 2 saturated heterocycles. The Bertz CT molecular complexity index is 1260. The topological polar surface area (TPSA) is 82.8 Å². The molecule has 1 aromatic carbocycles. The van der Waals surface area contributed by atoms with Crippen LogP contribution >= 0.6 is 11.8 Å². The molecule has 2 aromatic heterocycles. The standard InChI is InChI=1S/C24H26N6O2S/c1-3-8-28-9-11-29(12-10-28)19-6-4-17(13-16(19)2)20-15-25-22-7-5-18(27-30(20)22)14-21-23(31)26-24(32)33-21/h4-7,13-15H,3,8-12H2,1-2H3,(H,26,31,32). The number of imidazole rings is 1. The number of aryl methyl sites for hydroxylation is 1. The van der Waals surface area contributed by atoms with Crippen molar-refractivity contribution in [2.24, 2.45) is 0 Å². The van der Waals surface area contributed by atoms with Crippen LogP contribution in [-0.2, 0) is 4.79 Å². The highest BCUT2D eigenvalue weighted by Crippen LogP contribution is 2.29. The third-order valence-corrected chi connectivity index (χ3v) is 6.86. The van der Waals surface area contributed by atoms with Crippen LogP contribution in [0.25, 0.3) is 23.0 Å². The van der Waals surface area contributed by atoms with E-state index in [9.17, 15) is 9.59 Å². The smallest absolute Gasteiger partial charge is 0.290 e. The van der Waals surface area contributed by atoms with E-state index in [-0.39, 0.29) is 11.1 Å². The van der Waals surface area contributed by atoms with E-state index in [2.05, 4.69) is 57.2 Å². The van der Waals surface area contributed by atoms with Crippen LogP contribution in [0.2, 0.25) is 0 Å². The van der Waals surface area contributed by atoms with Crippen molar-refractivity contribution >= 4 is 40.3 Å². The predicted molar refractivity (Wildman–Crippen MR) is 131 cm³/mol. The summed E-state index contributed by atoms with van der Waals surface area (Å²) in [5, 5.41) is 6.56. The molecule has 0 spiro atoms. The summed E-state index contributed by atoms with van der Waals surface area (Å²) in [5.74, 6) is -0.389. The van der Waals surface area contributed by atoms with Crippen molar-refractivity contribution in [2.45, 2.75) is 20.3 Å². The van der Waals surface area contributed by atoms with Gasteiger partial charge in [-0.1, -0.05) is 13.0 Å². The lowest BCUT2D eigenvalue weighted by molar-refractivity contribution is -0.115. The Morgan fingerprint density at radius 2 is 1.94 bits per heavy atom. The van der Waals surface area contributed by atoms with Gasteiger partial charge >= 0.3 is 0 Å². The molecule has 33 heavy (non-hydrogen) atoms. The van der Waals surface area contributed by atoms with Crippen LogP contribution in [0.15, 0.2) is 41.4 Å². The monoisotopic (exact) mass is 462 g/mol. The van der Waals surface area contributed by atoms with Crippen molar-refractivity contribution in [3.05, 3.63) is 52.7 Å². The van der Waals surface area contributed by atoms with Gasteiger partial charge in [0.15, 0.2) is 5.65 Å². The number of anilines is 1. The molecule has 170 valence electrons. The number of imide groups is 1. The van der Waals surface area contributed by atoms with Gasteiger partial charge in [-0.25, -0.2) is 9.50 Å². The molecule has 0 saturated carbocycles. The van der Waals surface area contributed by atoms with E-state index in [0.29, 0.717) is 10.6 Å². The average Bonchev–Trinajstić information content (AvgIpc) is 3.36. The molecule has 2 aliphatic rings. The summed E-state index contributed by atoms with van der Waals surface area (Å²) in [6.07, 6.45) is 4.64. The summed E-state index contributed by atoms with van der Waals surface area (Å²) >= 11 is 0.885. The van der Waals surface area contributed by atoms with E-state index in [0.717, 1.165) is 54.8 Å². The lowest BCUT2D eigenvalue weighted by Gasteiger charge is -2.36. The number of fused-ring (bicyclic) bond motifs is 1. The highest BCUT2D eigenvalue weighted by Gasteiger charge is 2.25. The van der Waals surface area contributed by atoms with Crippen LogP contribution in [0.1, 0.15) is 24.6 Å². The maximum absolute atomic E-state index is 11.9. The molecular weight excluding hydrogens is 436 g/mol. The molecule has 9 heteroatoms. The van der Waals surface area contributed by atoms with Crippen LogP contribution in [0, 0.1) is 6.92 Å². The summed E-state index contributed by atoms with van der Waals surface area (Å²) in [7, 11) is 0. The second-order valence-corrected chi connectivity index (χ2v) is 9.37. The Kier molecular flexibility index (Phi) is 5.90. The van der Waals surface area contributed by atoms with Crippen LogP contribution in [0.3, 0.4) is 0 Å². The highest BCUT2D eigenvalue weighted by atomic mass is 32.2. The highest BCUT2D eigenvalue weighted by molar-refractivity contribution is 8.18. The van der Waals surface area contributed by atoms with E-state index in [1.165, 1.54) is 24.2 Å². The van der Waals surface area contributed by atoms with Crippen LogP contribution < -0.4 is 10.2 Å². The molecule has 0 bridgehead atoms. The first-order chi connectivity index (χ1) is 16.0. The summed E-state index contributed by atoms with van der Waals surface area (Å²) in [5.41, 5.74) is 5.73.